The molecule has 0 saturated heterocycles. The van der Waals surface area contributed by atoms with Crippen molar-refractivity contribution in [1.82, 2.24) is 14.4 Å². The van der Waals surface area contributed by atoms with E-state index in [1.165, 1.54) is 78.1 Å². The molecule has 14 rings (SSSR count). The van der Waals surface area contributed by atoms with Crippen molar-refractivity contribution in [2.75, 3.05) is 4.90 Å². The molecular formula is C62H42N4SSi2. The van der Waals surface area contributed by atoms with Gasteiger partial charge in [0, 0.05) is 60.9 Å². The molecule has 0 bridgehead atoms. The largest absolute Gasteiger partial charge is 0.299 e. The number of fused-ring (bicyclic) bond motifs is 12. The van der Waals surface area contributed by atoms with Crippen LogP contribution in [0.25, 0.3) is 47.5 Å². The zero-order valence-electron chi connectivity index (χ0n) is 37.4. The summed E-state index contributed by atoms with van der Waals surface area (Å²) in [4.78, 5) is 13.0. The molecule has 0 N–H and O–H groups in total. The summed E-state index contributed by atoms with van der Waals surface area (Å²) in [6.07, 6.45) is 6.00. The molecule has 0 unspecified atom stereocenters. The summed E-state index contributed by atoms with van der Waals surface area (Å²) in [5.41, 5.74) is 4.39. The average molecular weight is 931 g/mol. The van der Waals surface area contributed by atoms with Crippen LogP contribution in [-0.4, -0.2) is 30.5 Å². The van der Waals surface area contributed by atoms with Crippen LogP contribution in [0, 0.1) is 0 Å². The van der Waals surface area contributed by atoms with Crippen LogP contribution < -0.4 is 46.4 Å². The lowest BCUT2D eigenvalue weighted by Gasteiger charge is -2.45. The highest BCUT2D eigenvalue weighted by atomic mass is 32.1. The van der Waals surface area contributed by atoms with Crippen molar-refractivity contribution < 1.29 is 0 Å². The average Bonchev–Trinajstić information content (AvgIpc) is 4.08. The smallest absolute Gasteiger partial charge is 0.187 e. The van der Waals surface area contributed by atoms with Crippen molar-refractivity contribution in [2.24, 2.45) is 0 Å². The van der Waals surface area contributed by atoms with E-state index in [1.54, 1.807) is 0 Å². The number of anilines is 3. The summed E-state index contributed by atoms with van der Waals surface area (Å²) >= 11 is 1.89. The fraction of sp³-hybridized carbons (Fsp3) is 0. The van der Waals surface area contributed by atoms with Crippen LogP contribution in [0.15, 0.2) is 255 Å². The first-order valence-electron chi connectivity index (χ1n) is 23.6. The third-order valence-electron chi connectivity index (χ3n) is 14.7. The van der Waals surface area contributed by atoms with Crippen molar-refractivity contribution in [2.45, 2.75) is 0 Å². The molecular weight excluding hydrogens is 889 g/mol. The van der Waals surface area contributed by atoms with Crippen molar-refractivity contribution >= 4 is 134 Å². The molecule has 1 aliphatic heterocycles. The maximum absolute atomic E-state index is 5.47. The molecule has 4 nitrogen and oxygen atoms in total. The number of hydrogen-bond donors (Lipinski definition) is 0. The second-order valence-corrected chi connectivity index (χ2v) is 26.6. The van der Waals surface area contributed by atoms with Gasteiger partial charge in [-0.2, -0.15) is 0 Å². The van der Waals surface area contributed by atoms with Gasteiger partial charge in [-0.3, -0.25) is 9.30 Å². The Hall–Kier alpha value is -8.21. The van der Waals surface area contributed by atoms with Crippen LogP contribution in [0.2, 0.25) is 0 Å². The fourth-order valence-electron chi connectivity index (χ4n) is 12.0. The van der Waals surface area contributed by atoms with Gasteiger partial charge < -0.3 is 0 Å². The number of benzene rings is 9. The van der Waals surface area contributed by atoms with Crippen molar-refractivity contribution in [3.63, 3.8) is 0 Å². The van der Waals surface area contributed by atoms with Gasteiger partial charge in [-0.1, -0.05) is 194 Å². The Kier molecular flexibility index (Phi) is 9.07. The minimum absolute atomic E-state index is 0.965. The van der Waals surface area contributed by atoms with E-state index in [0.29, 0.717) is 0 Å². The van der Waals surface area contributed by atoms with Crippen LogP contribution in [0.3, 0.4) is 0 Å². The highest BCUT2D eigenvalue weighted by Gasteiger charge is 2.51. The van der Waals surface area contributed by atoms with Crippen molar-refractivity contribution in [1.29, 1.82) is 0 Å². The van der Waals surface area contributed by atoms with Gasteiger partial charge in [0.05, 0.1) is 5.52 Å². The molecule has 5 heterocycles. The fourth-order valence-corrected chi connectivity index (χ4v) is 23.2. The Labute approximate surface area is 405 Å². The van der Waals surface area contributed by atoms with Crippen molar-refractivity contribution in [3.8, 4) is 0 Å². The number of pyridine rings is 2. The number of aromatic nitrogens is 3. The first-order valence-corrected chi connectivity index (χ1v) is 28.4. The quantitative estimate of drug-likeness (QED) is 0.0908. The van der Waals surface area contributed by atoms with E-state index in [0.717, 1.165) is 28.1 Å². The number of thiophene rings is 1. The predicted molar refractivity (Wildman–Crippen MR) is 296 cm³/mol. The third kappa shape index (κ3) is 5.72. The second kappa shape index (κ2) is 15.7. The molecule has 0 fully saturated rings. The summed E-state index contributed by atoms with van der Waals surface area (Å²) in [5.74, 6) is 0.978. The molecule has 1 aliphatic rings. The van der Waals surface area contributed by atoms with E-state index in [9.17, 15) is 0 Å². The van der Waals surface area contributed by atoms with E-state index in [4.69, 9.17) is 9.97 Å². The standard InChI is InChI=1S/C62H42N4SSi2/c1-5-20-44(21-6-1)68(45-22-7-2-8-23-45,49-34-35-50-51-29-13-15-31-54(51)65-40-39-64-61(65)53(50)42-49)48-28-17-19-43(41-48)66-55-36-37-57-59(52-30-14-16-32-56(52)67-57)60(55)69(46-24-9-3-10-25-46,47-26-11-4-12-27-47)58-33-18-38-63-62(58)66/h1-42H. The molecule has 0 radical (unpaired) electrons. The van der Waals surface area contributed by atoms with Gasteiger partial charge in [-0.25, -0.2) is 9.97 Å². The van der Waals surface area contributed by atoms with Gasteiger partial charge in [-0.05, 0) is 89.3 Å². The van der Waals surface area contributed by atoms with Gasteiger partial charge in [0.1, 0.15) is 11.5 Å². The predicted octanol–water partition coefficient (Wildman–Crippen LogP) is 9.94. The van der Waals surface area contributed by atoms with Crippen LogP contribution in [0.1, 0.15) is 0 Å². The van der Waals surface area contributed by atoms with E-state index < -0.39 is 16.1 Å². The number of para-hydroxylation sites is 1. The van der Waals surface area contributed by atoms with Crippen molar-refractivity contribution in [3.05, 3.63) is 255 Å². The lowest BCUT2D eigenvalue weighted by molar-refractivity contribution is 1.19. The molecule has 0 saturated carbocycles. The Bertz CT molecular complexity index is 4020. The molecule has 0 atom stereocenters. The van der Waals surface area contributed by atoms with Gasteiger partial charge >= 0.3 is 0 Å². The number of rotatable bonds is 7. The summed E-state index contributed by atoms with van der Waals surface area (Å²) in [5, 5.41) is 16.8. The molecule has 324 valence electrons. The van der Waals surface area contributed by atoms with Crippen LogP contribution in [0.5, 0.6) is 0 Å². The second-order valence-electron chi connectivity index (χ2n) is 18.1. The topological polar surface area (TPSA) is 33.4 Å². The maximum atomic E-state index is 5.47. The highest BCUT2D eigenvalue weighted by molar-refractivity contribution is 7.28. The number of imidazole rings is 1. The summed E-state index contributed by atoms with van der Waals surface area (Å²) < 4.78 is 4.85. The highest BCUT2D eigenvalue weighted by Crippen LogP contribution is 2.43. The minimum Gasteiger partial charge on any atom is -0.299 e. The summed E-state index contributed by atoms with van der Waals surface area (Å²) in [7, 11) is -6.17. The molecule has 69 heavy (non-hydrogen) atoms. The summed E-state index contributed by atoms with van der Waals surface area (Å²) in [6, 6.07) is 88.8. The Balaban J connectivity index is 1.09. The van der Waals surface area contributed by atoms with E-state index in [-0.39, 0.29) is 0 Å². The summed E-state index contributed by atoms with van der Waals surface area (Å²) in [6.45, 7) is 0. The van der Waals surface area contributed by atoms with Gasteiger partial charge in [0.15, 0.2) is 16.1 Å². The lowest BCUT2D eigenvalue weighted by atomic mass is 10.1. The molecule has 13 aromatic rings. The van der Waals surface area contributed by atoms with E-state index in [2.05, 4.69) is 252 Å². The SMILES string of the molecule is c1ccc([Si](c2ccccc2)(c2cccc(N3c4ccc5sc6ccccc6c5c4[Si](c4ccccc4)(c4ccccc4)c4cccnc43)c2)c2ccc3c4ccccc4n4ccnc4c3c2)cc1. The minimum atomic E-state index is -3.11. The van der Waals surface area contributed by atoms with E-state index >= 15 is 0 Å². The monoisotopic (exact) mass is 930 g/mol. The van der Waals surface area contributed by atoms with Crippen LogP contribution >= 0.6 is 11.3 Å². The molecule has 0 amide bonds. The van der Waals surface area contributed by atoms with E-state index in [1.807, 2.05) is 23.7 Å². The Morgan fingerprint density at radius 1 is 0.435 bits per heavy atom. The zero-order chi connectivity index (χ0) is 45.5. The Morgan fingerprint density at radius 2 is 1.07 bits per heavy atom. The van der Waals surface area contributed by atoms with Crippen LogP contribution in [0.4, 0.5) is 17.2 Å². The normalized spacial score (nSPS) is 13.3. The Morgan fingerprint density at radius 3 is 1.81 bits per heavy atom. The molecule has 9 aromatic carbocycles. The van der Waals surface area contributed by atoms with Gasteiger partial charge in [0.2, 0.25) is 0 Å². The molecule has 7 heteroatoms. The first kappa shape index (κ1) is 39.9. The first-order chi connectivity index (χ1) is 34.2. The number of nitrogens with zero attached hydrogens (tertiary/aromatic N) is 4. The maximum Gasteiger partial charge on any atom is 0.187 e. The van der Waals surface area contributed by atoms with Crippen LogP contribution in [-0.2, 0) is 0 Å². The molecule has 4 aromatic heterocycles. The molecule has 0 aliphatic carbocycles. The molecule has 0 spiro atoms. The number of hydrogen-bond acceptors (Lipinski definition) is 4. The van der Waals surface area contributed by atoms with Gasteiger partial charge in [0.25, 0.3) is 0 Å². The third-order valence-corrected chi connectivity index (χ3v) is 25.4. The lowest BCUT2D eigenvalue weighted by Crippen LogP contribution is -2.77. The zero-order valence-corrected chi connectivity index (χ0v) is 40.3. The van der Waals surface area contributed by atoms with Gasteiger partial charge in [-0.15, -0.1) is 11.3 Å².